The summed E-state index contributed by atoms with van der Waals surface area (Å²) in [6, 6.07) is 0.287. The molecule has 1 aromatic rings. The number of nitrogens with one attached hydrogen (secondary N) is 1. The minimum atomic E-state index is -0.0821. The number of nitrogens with zero attached hydrogens (tertiary/aromatic N) is 4. The largest absolute Gasteiger partial charge is 0.354 e. The van der Waals surface area contributed by atoms with Crippen molar-refractivity contribution in [2.75, 3.05) is 13.1 Å². The van der Waals surface area contributed by atoms with Gasteiger partial charge in [0.15, 0.2) is 0 Å². The van der Waals surface area contributed by atoms with E-state index in [0.29, 0.717) is 6.04 Å². The molecule has 0 unspecified atom stereocenters. The average molecular weight is 331 g/mol. The molecule has 0 bridgehead atoms. The fourth-order valence-corrected chi connectivity index (χ4v) is 3.88. The van der Waals surface area contributed by atoms with E-state index in [4.69, 9.17) is 0 Å². The fourth-order valence-electron chi connectivity index (χ4n) is 3.88. The van der Waals surface area contributed by atoms with Gasteiger partial charge < -0.3 is 5.32 Å². The first kappa shape index (κ1) is 17.1. The second-order valence-electron chi connectivity index (χ2n) is 6.98. The Morgan fingerprint density at radius 2 is 2.33 bits per heavy atom. The zero-order valence-corrected chi connectivity index (χ0v) is 14.7. The lowest BCUT2D eigenvalue weighted by Crippen LogP contribution is -2.48. The van der Waals surface area contributed by atoms with Gasteiger partial charge in [0.25, 0.3) is 0 Å². The standard InChI is InChI=1S/C18H29N5O/c1-15(18(24)20-10-9-16-6-3-2-4-7-16)23-11-5-8-17(23)12-22-14-19-13-21-22/h6,13-15,17H,2-5,7-12H2,1H3,(H,20,24)/t15-,17+/m0/s1. The third-order valence-corrected chi connectivity index (χ3v) is 5.29. The van der Waals surface area contributed by atoms with Crippen LogP contribution in [0.15, 0.2) is 24.3 Å². The highest BCUT2D eigenvalue weighted by molar-refractivity contribution is 5.81. The maximum Gasteiger partial charge on any atom is 0.237 e. The summed E-state index contributed by atoms with van der Waals surface area (Å²) >= 11 is 0. The van der Waals surface area contributed by atoms with Crippen molar-refractivity contribution in [3.8, 4) is 0 Å². The Morgan fingerprint density at radius 3 is 3.08 bits per heavy atom. The van der Waals surface area contributed by atoms with Crippen LogP contribution in [0.1, 0.15) is 51.9 Å². The van der Waals surface area contributed by atoms with Gasteiger partial charge in [-0.1, -0.05) is 11.6 Å². The maximum atomic E-state index is 12.5. The number of amides is 1. The van der Waals surface area contributed by atoms with Crippen LogP contribution < -0.4 is 5.32 Å². The SMILES string of the molecule is C[C@@H](C(=O)NCCC1=CCCCC1)N1CCC[C@@H]1Cn1cncn1. The van der Waals surface area contributed by atoms with E-state index in [1.165, 1.54) is 31.3 Å². The molecule has 0 spiro atoms. The molecule has 2 heterocycles. The minimum Gasteiger partial charge on any atom is -0.354 e. The first-order chi connectivity index (χ1) is 11.7. The van der Waals surface area contributed by atoms with Gasteiger partial charge in [0.1, 0.15) is 12.7 Å². The zero-order valence-electron chi connectivity index (χ0n) is 14.7. The molecular weight excluding hydrogens is 302 g/mol. The van der Waals surface area contributed by atoms with E-state index in [9.17, 15) is 4.79 Å². The van der Waals surface area contributed by atoms with Crippen LogP contribution in [0.2, 0.25) is 0 Å². The predicted octanol–water partition coefficient (Wildman–Crippen LogP) is 2.14. The molecule has 6 nitrogen and oxygen atoms in total. The number of likely N-dealkylation sites (tertiary alicyclic amines) is 1. The first-order valence-corrected chi connectivity index (χ1v) is 9.28. The summed E-state index contributed by atoms with van der Waals surface area (Å²) in [4.78, 5) is 18.8. The van der Waals surface area contributed by atoms with Crippen molar-refractivity contribution in [3.63, 3.8) is 0 Å². The minimum absolute atomic E-state index is 0.0821. The van der Waals surface area contributed by atoms with Crippen LogP contribution >= 0.6 is 0 Å². The molecule has 1 aliphatic heterocycles. The Hall–Kier alpha value is -1.69. The second-order valence-corrected chi connectivity index (χ2v) is 6.98. The van der Waals surface area contributed by atoms with E-state index >= 15 is 0 Å². The molecule has 0 aromatic carbocycles. The summed E-state index contributed by atoms with van der Waals surface area (Å²) in [7, 11) is 0. The average Bonchev–Trinajstić information content (AvgIpc) is 3.27. The fraction of sp³-hybridized carbons (Fsp3) is 0.722. The van der Waals surface area contributed by atoms with Gasteiger partial charge in [0.05, 0.1) is 12.6 Å². The quantitative estimate of drug-likeness (QED) is 0.778. The summed E-state index contributed by atoms with van der Waals surface area (Å²) in [5.74, 6) is 0.150. The second kappa shape index (κ2) is 8.42. The number of carbonyl (C=O) groups is 1. The van der Waals surface area contributed by atoms with Crippen molar-refractivity contribution in [3.05, 3.63) is 24.3 Å². The van der Waals surface area contributed by atoms with Crippen molar-refractivity contribution >= 4 is 5.91 Å². The number of allylic oxidation sites excluding steroid dienone is 1. The number of hydrogen-bond donors (Lipinski definition) is 1. The lowest BCUT2D eigenvalue weighted by Gasteiger charge is -2.29. The molecule has 2 atom stereocenters. The van der Waals surface area contributed by atoms with Crippen LogP contribution in [0.3, 0.4) is 0 Å². The Bertz CT molecular complexity index is 554. The lowest BCUT2D eigenvalue weighted by molar-refractivity contribution is -0.126. The molecule has 0 saturated carbocycles. The number of carbonyl (C=O) groups excluding carboxylic acids is 1. The number of rotatable bonds is 7. The van der Waals surface area contributed by atoms with Gasteiger partial charge in [0.2, 0.25) is 5.91 Å². The highest BCUT2D eigenvalue weighted by atomic mass is 16.2. The van der Waals surface area contributed by atoms with Crippen molar-refractivity contribution in [1.82, 2.24) is 25.0 Å². The topological polar surface area (TPSA) is 63.1 Å². The molecule has 24 heavy (non-hydrogen) atoms. The molecule has 1 fully saturated rings. The van der Waals surface area contributed by atoms with E-state index in [1.807, 2.05) is 11.6 Å². The molecule has 1 aliphatic carbocycles. The van der Waals surface area contributed by atoms with Crippen molar-refractivity contribution in [1.29, 1.82) is 0 Å². The highest BCUT2D eigenvalue weighted by Gasteiger charge is 2.32. The van der Waals surface area contributed by atoms with E-state index in [-0.39, 0.29) is 11.9 Å². The van der Waals surface area contributed by atoms with Crippen LogP contribution in [0.25, 0.3) is 0 Å². The Balaban J connectivity index is 1.46. The Kier molecular flexibility index (Phi) is 6.01. The van der Waals surface area contributed by atoms with E-state index in [1.54, 1.807) is 12.7 Å². The van der Waals surface area contributed by atoms with Crippen LogP contribution in [0.4, 0.5) is 0 Å². The first-order valence-electron chi connectivity index (χ1n) is 9.28. The molecule has 1 aromatic heterocycles. The molecule has 2 aliphatic rings. The maximum absolute atomic E-state index is 12.5. The summed E-state index contributed by atoms with van der Waals surface area (Å²) < 4.78 is 1.86. The van der Waals surface area contributed by atoms with E-state index < -0.39 is 0 Å². The van der Waals surface area contributed by atoms with Gasteiger partial charge in [-0.05, 0) is 58.4 Å². The van der Waals surface area contributed by atoms with Gasteiger partial charge in [-0.25, -0.2) is 4.98 Å². The normalized spacial score (nSPS) is 23.0. The summed E-state index contributed by atoms with van der Waals surface area (Å²) in [6.45, 7) is 4.58. The highest BCUT2D eigenvalue weighted by Crippen LogP contribution is 2.22. The van der Waals surface area contributed by atoms with Crippen molar-refractivity contribution in [2.24, 2.45) is 0 Å². The number of aromatic nitrogens is 3. The van der Waals surface area contributed by atoms with Gasteiger partial charge in [0, 0.05) is 12.6 Å². The third-order valence-electron chi connectivity index (χ3n) is 5.29. The Labute approximate surface area is 144 Å². The van der Waals surface area contributed by atoms with Gasteiger partial charge in [-0.3, -0.25) is 14.4 Å². The Morgan fingerprint density at radius 1 is 1.42 bits per heavy atom. The summed E-state index contributed by atoms with van der Waals surface area (Å²) in [6.07, 6.45) is 14.0. The van der Waals surface area contributed by atoms with Gasteiger partial charge in [-0.15, -0.1) is 0 Å². The molecule has 3 rings (SSSR count). The molecule has 6 heteroatoms. The van der Waals surface area contributed by atoms with Crippen molar-refractivity contribution < 1.29 is 4.79 Å². The van der Waals surface area contributed by atoms with E-state index in [0.717, 1.165) is 38.9 Å². The van der Waals surface area contributed by atoms with Gasteiger partial charge >= 0.3 is 0 Å². The zero-order chi connectivity index (χ0) is 16.8. The molecule has 0 radical (unpaired) electrons. The third kappa shape index (κ3) is 4.44. The van der Waals surface area contributed by atoms with Crippen molar-refractivity contribution in [2.45, 2.75) is 70.5 Å². The molecule has 1 saturated heterocycles. The van der Waals surface area contributed by atoms with Gasteiger partial charge in [-0.2, -0.15) is 5.10 Å². The lowest BCUT2D eigenvalue weighted by atomic mass is 9.97. The monoisotopic (exact) mass is 331 g/mol. The van der Waals surface area contributed by atoms with Crippen LogP contribution in [0.5, 0.6) is 0 Å². The summed E-state index contributed by atoms with van der Waals surface area (Å²) in [5.41, 5.74) is 1.51. The van der Waals surface area contributed by atoms with E-state index in [2.05, 4.69) is 26.4 Å². The molecule has 1 N–H and O–H groups in total. The predicted molar refractivity (Wildman–Crippen MR) is 93.4 cm³/mol. The molecule has 1 amide bonds. The molecule has 132 valence electrons. The molecular formula is C18H29N5O. The van der Waals surface area contributed by atoms with Crippen LogP contribution in [0, 0.1) is 0 Å². The van der Waals surface area contributed by atoms with Crippen LogP contribution in [-0.2, 0) is 11.3 Å². The summed E-state index contributed by atoms with van der Waals surface area (Å²) in [5, 5.41) is 7.32. The van der Waals surface area contributed by atoms with Crippen LogP contribution in [-0.4, -0.2) is 50.7 Å². The smallest absolute Gasteiger partial charge is 0.237 e. The number of hydrogen-bond acceptors (Lipinski definition) is 4.